The zero-order valence-corrected chi connectivity index (χ0v) is 14.6. The van der Waals surface area contributed by atoms with Crippen molar-refractivity contribution in [2.24, 2.45) is 0 Å². The summed E-state index contributed by atoms with van der Waals surface area (Å²) in [5, 5.41) is 7.59. The molecular formula is C19H17FN4O4. The van der Waals surface area contributed by atoms with Gasteiger partial charge in [-0.15, -0.1) is 0 Å². The number of carbonyl (C=O) groups is 2. The fourth-order valence-electron chi connectivity index (χ4n) is 2.14. The van der Waals surface area contributed by atoms with Gasteiger partial charge in [0.15, 0.2) is 0 Å². The minimum atomic E-state index is -0.554. The Balaban J connectivity index is 1.41. The lowest BCUT2D eigenvalue weighted by molar-refractivity contribution is -0.120. The van der Waals surface area contributed by atoms with Crippen molar-refractivity contribution in [2.45, 2.75) is 6.54 Å². The van der Waals surface area contributed by atoms with Crippen LogP contribution >= 0.6 is 0 Å². The molecule has 3 N–H and O–H groups in total. The third kappa shape index (κ3) is 5.84. The highest BCUT2D eigenvalue weighted by Gasteiger charge is 2.07. The highest BCUT2D eigenvalue weighted by atomic mass is 19.1. The van der Waals surface area contributed by atoms with Crippen molar-refractivity contribution in [1.29, 1.82) is 0 Å². The summed E-state index contributed by atoms with van der Waals surface area (Å²) in [6, 6.07) is 11.6. The molecule has 0 unspecified atom stereocenters. The molecule has 0 aliphatic heterocycles. The molecule has 1 aromatic carbocycles. The van der Waals surface area contributed by atoms with Gasteiger partial charge >= 0.3 is 6.03 Å². The molecular weight excluding hydrogens is 367 g/mol. The van der Waals surface area contributed by atoms with E-state index in [9.17, 15) is 14.0 Å². The number of ether oxygens (including phenoxy) is 1. The molecule has 0 atom stereocenters. The molecule has 9 heteroatoms. The van der Waals surface area contributed by atoms with E-state index in [1.165, 1.54) is 36.7 Å². The van der Waals surface area contributed by atoms with E-state index >= 15 is 0 Å². The molecule has 0 aliphatic carbocycles. The van der Waals surface area contributed by atoms with Crippen LogP contribution < -0.4 is 20.7 Å². The molecule has 144 valence electrons. The van der Waals surface area contributed by atoms with Gasteiger partial charge < -0.3 is 25.1 Å². The average Bonchev–Trinajstić information content (AvgIpc) is 3.22. The summed E-state index contributed by atoms with van der Waals surface area (Å²) in [5.74, 6) is 0.628. The van der Waals surface area contributed by atoms with Crippen LogP contribution in [0.1, 0.15) is 5.76 Å². The van der Waals surface area contributed by atoms with E-state index < -0.39 is 6.03 Å². The number of benzene rings is 1. The molecule has 0 spiro atoms. The van der Waals surface area contributed by atoms with Gasteiger partial charge in [0.05, 0.1) is 31.2 Å². The number of hydrogen-bond acceptors (Lipinski definition) is 5. The second-order valence-electron chi connectivity index (χ2n) is 5.60. The van der Waals surface area contributed by atoms with Crippen LogP contribution in [0.5, 0.6) is 11.6 Å². The van der Waals surface area contributed by atoms with Crippen molar-refractivity contribution in [1.82, 2.24) is 15.6 Å². The molecule has 28 heavy (non-hydrogen) atoms. The minimum Gasteiger partial charge on any atom is -0.467 e. The van der Waals surface area contributed by atoms with Gasteiger partial charge in [0.2, 0.25) is 11.8 Å². The summed E-state index contributed by atoms with van der Waals surface area (Å²) in [6.45, 7) is 0.0559. The Morgan fingerprint density at radius 1 is 1.07 bits per heavy atom. The summed E-state index contributed by atoms with van der Waals surface area (Å²) in [7, 11) is 0. The number of amides is 3. The second kappa shape index (κ2) is 9.17. The summed E-state index contributed by atoms with van der Waals surface area (Å²) in [5.41, 5.74) is 0.417. The van der Waals surface area contributed by atoms with Gasteiger partial charge in [0.25, 0.3) is 0 Å². The van der Waals surface area contributed by atoms with Crippen LogP contribution in [-0.4, -0.2) is 23.5 Å². The van der Waals surface area contributed by atoms with Gasteiger partial charge in [0, 0.05) is 6.07 Å². The van der Waals surface area contributed by atoms with Gasteiger partial charge in [0.1, 0.15) is 17.3 Å². The topological polar surface area (TPSA) is 105 Å². The Labute approximate surface area is 159 Å². The van der Waals surface area contributed by atoms with E-state index in [4.69, 9.17) is 9.15 Å². The molecule has 3 aromatic rings. The number of pyridine rings is 1. The maximum Gasteiger partial charge on any atom is 0.319 e. The van der Waals surface area contributed by atoms with E-state index in [-0.39, 0.29) is 30.7 Å². The third-order valence-corrected chi connectivity index (χ3v) is 3.48. The number of urea groups is 1. The number of rotatable bonds is 7. The molecule has 3 rings (SSSR count). The Hall–Kier alpha value is -3.88. The zero-order chi connectivity index (χ0) is 19.8. The molecule has 0 saturated carbocycles. The Kier molecular flexibility index (Phi) is 6.19. The van der Waals surface area contributed by atoms with Gasteiger partial charge in [-0.1, -0.05) is 0 Å². The number of aromatic nitrogens is 1. The molecule has 8 nitrogen and oxygen atoms in total. The lowest BCUT2D eigenvalue weighted by Crippen LogP contribution is -2.38. The van der Waals surface area contributed by atoms with Gasteiger partial charge in [-0.05, 0) is 42.5 Å². The summed E-state index contributed by atoms with van der Waals surface area (Å²) >= 11 is 0. The van der Waals surface area contributed by atoms with Crippen molar-refractivity contribution in [3.8, 4) is 11.6 Å². The number of nitrogens with zero attached hydrogens (tertiary/aromatic N) is 1. The molecule has 0 radical (unpaired) electrons. The fourth-order valence-corrected chi connectivity index (χ4v) is 2.14. The van der Waals surface area contributed by atoms with Crippen LogP contribution in [0.4, 0.5) is 14.9 Å². The van der Waals surface area contributed by atoms with Crippen LogP contribution in [0, 0.1) is 5.82 Å². The normalized spacial score (nSPS) is 10.2. The van der Waals surface area contributed by atoms with E-state index in [1.54, 1.807) is 24.3 Å². The maximum atomic E-state index is 12.9. The Bertz CT molecular complexity index is 912. The fraction of sp³-hybridized carbons (Fsp3) is 0.105. The van der Waals surface area contributed by atoms with E-state index in [2.05, 4.69) is 20.9 Å². The number of furan rings is 1. The minimum absolute atomic E-state index is 0.189. The second-order valence-corrected chi connectivity index (χ2v) is 5.60. The average molecular weight is 384 g/mol. The SMILES string of the molecule is O=C(CNC(=O)Nc1ccc(Oc2ccc(F)cc2)nc1)NCc1ccco1. The predicted molar refractivity (Wildman–Crippen MR) is 98.3 cm³/mol. The molecule has 0 fully saturated rings. The van der Waals surface area contributed by atoms with E-state index in [0.717, 1.165) is 0 Å². The quantitative estimate of drug-likeness (QED) is 0.581. The van der Waals surface area contributed by atoms with Gasteiger partial charge in [-0.25, -0.2) is 14.2 Å². The van der Waals surface area contributed by atoms with Crippen molar-refractivity contribution < 1.29 is 23.1 Å². The number of halogens is 1. The zero-order valence-electron chi connectivity index (χ0n) is 14.6. The molecule has 0 bridgehead atoms. The smallest absolute Gasteiger partial charge is 0.319 e. The Morgan fingerprint density at radius 2 is 1.89 bits per heavy atom. The molecule has 0 aliphatic rings. The van der Waals surface area contributed by atoms with Crippen LogP contribution in [0.25, 0.3) is 0 Å². The largest absolute Gasteiger partial charge is 0.467 e. The number of anilines is 1. The molecule has 2 aromatic heterocycles. The van der Waals surface area contributed by atoms with Crippen LogP contribution in [0.2, 0.25) is 0 Å². The highest BCUT2D eigenvalue weighted by Crippen LogP contribution is 2.20. The molecule has 2 heterocycles. The van der Waals surface area contributed by atoms with Crippen molar-refractivity contribution >= 4 is 17.6 Å². The van der Waals surface area contributed by atoms with Crippen LogP contribution in [0.15, 0.2) is 65.4 Å². The van der Waals surface area contributed by atoms with Crippen molar-refractivity contribution in [3.63, 3.8) is 0 Å². The van der Waals surface area contributed by atoms with Crippen molar-refractivity contribution in [3.05, 3.63) is 72.6 Å². The van der Waals surface area contributed by atoms with Crippen molar-refractivity contribution in [2.75, 3.05) is 11.9 Å². The van der Waals surface area contributed by atoms with E-state index in [0.29, 0.717) is 17.2 Å². The van der Waals surface area contributed by atoms with Gasteiger partial charge in [-0.3, -0.25) is 4.79 Å². The first kappa shape index (κ1) is 18.9. The van der Waals surface area contributed by atoms with Crippen LogP contribution in [-0.2, 0) is 11.3 Å². The molecule has 3 amide bonds. The number of hydrogen-bond donors (Lipinski definition) is 3. The maximum absolute atomic E-state index is 12.9. The highest BCUT2D eigenvalue weighted by molar-refractivity contribution is 5.92. The van der Waals surface area contributed by atoms with Gasteiger partial charge in [-0.2, -0.15) is 0 Å². The monoisotopic (exact) mass is 384 g/mol. The molecule has 0 saturated heterocycles. The standard InChI is InChI=1S/C19H17FN4O4/c20-13-3-6-15(7-4-13)28-18-8-5-14(10-22-18)24-19(26)23-12-17(25)21-11-16-2-1-9-27-16/h1-10H,11-12H2,(H,21,25)(H2,23,24,26). The number of carbonyl (C=O) groups excluding carboxylic acids is 2. The summed E-state index contributed by atoms with van der Waals surface area (Å²) in [4.78, 5) is 27.6. The first-order valence-electron chi connectivity index (χ1n) is 8.32. The lowest BCUT2D eigenvalue weighted by Gasteiger charge is -2.09. The lowest BCUT2D eigenvalue weighted by atomic mass is 10.3. The van der Waals surface area contributed by atoms with E-state index in [1.807, 2.05) is 0 Å². The number of nitrogens with one attached hydrogen (secondary N) is 3. The third-order valence-electron chi connectivity index (χ3n) is 3.48. The first-order valence-corrected chi connectivity index (χ1v) is 8.32. The first-order chi connectivity index (χ1) is 13.6. The van der Waals surface area contributed by atoms with Crippen LogP contribution in [0.3, 0.4) is 0 Å². The predicted octanol–water partition coefficient (Wildman–Crippen LogP) is 3.04. The summed E-state index contributed by atoms with van der Waals surface area (Å²) in [6.07, 6.45) is 2.91. The Morgan fingerprint density at radius 3 is 2.57 bits per heavy atom. The summed E-state index contributed by atoms with van der Waals surface area (Å²) < 4.78 is 23.4.